The van der Waals surface area contributed by atoms with E-state index in [1.54, 1.807) is 0 Å². The molecule has 1 aliphatic heterocycles. The molecule has 2 amide bonds. The zero-order valence-electron chi connectivity index (χ0n) is 18.5. The smallest absolute Gasteiger partial charge is 0.263 e. The SMILES string of the molecule is Cc1nc(-c2ccccc2Cl)sc1C(=O)NC1CCC(CN2Cc3ccccc3C2=O)CC1. The van der Waals surface area contributed by atoms with Crippen molar-refractivity contribution in [1.29, 1.82) is 0 Å². The highest BCUT2D eigenvalue weighted by molar-refractivity contribution is 7.17. The monoisotopic (exact) mass is 479 g/mol. The van der Waals surface area contributed by atoms with Gasteiger partial charge in [0.15, 0.2) is 0 Å². The van der Waals surface area contributed by atoms with Crippen LogP contribution in [0.5, 0.6) is 0 Å². The number of benzene rings is 2. The van der Waals surface area contributed by atoms with Crippen LogP contribution < -0.4 is 5.32 Å². The van der Waals surface area contributed by atoms with Crippen LogP contribution in [0.15, 0.2) is 48.5 Å². The summed E-state index contributed by atoms with van der Waals surface area (Å²) in [6, 6.07) is 15.6. The Balaban J connectivity index is 1.16. The Morgan fingerprint density at radius 2 is 1.79 bits per heavy atom. The average Bonchev–Trinajstić information content (AvgIpc) is 3.35. The van der Waals surface area contributed by atoms with Gasteiger partial charge in [-0.05, 0) is 56.2 Å². The van der Waals surface area contributed by atoms with E-state index in [2.05, 4.69) is 10.3 Å². The van der Waals surface area contributed by atoms with Crippen molar-refractivity contribution in [2.45, 2.75) is 45.2 Å². The van der Waals surface area contributed by atoms with Gasteiger partial charge in [0.2, 0.25) is 0 Å². The molecule has 170 valence electrons. The number of fused-ring (bicyclic) bond motifs is 1. The lowest BCUT2D eigenvalue weighted by atomic mass is 9.85. The number of nitrogens with one attached hydrogen (secondary N) is 1. The first-order valence-corrected chi connectivity index (χ1v) is 12.6. The number of hydrogen-bond acceptors (Lipinski definition) is 4. The van der Waals surface area contributed by atoms with Gasteiger partial charge in [0.1, 0.15) is 9.88 Å². The minimum absolute atomic E-state index is 0.0584. The Labute approximate surface area is 202 Å². The van der Waals surface area contributed by atoms with Gasteiger partial charge in [0.05, 0.1) is 10.7 Å². The Hall–Kier alpha value is -2.70. The molecule has 2 aliphatic rings. The van der Waals surface area contributed by atoms with Crippen molar-refractivity contribution < 1.29 is 9.59 Å². The summed E-state index contributed by atoms with van der Waals surface area (Å²) in [4.78, 5) is 32.8. The third-order valence-electron chi connectivity index (χ3n) is 6.66. The lowest BCUT2D eigenvalue weighted by Gasteiger charge is -2.31. The molecule has 1 saturated carbocycles. The Kier molecular flexibility index (Phi) is 6.21. The van der Waals surface area contributed by atoms with E-state index in [1.165, 1.54) is 11.3 Å². The molecule has 0 atom stereocenters. The minimum atomic E-state index is -0.0584. The molecule has 33 heavy (non-hydrogen) atoms. The Morgan fingerprint density at radius 3 is 2.52 bits per heavy atom. The van der Waals surface area contributed by atoms with Crippen molar-refractivity contribution >= 4 is 34.8 Å². The van der Waals surface area contributed by atoms with E-state index >= 15 is 0 Å². The summed E-state index contributed by atoms with van der Waals surface area (Å²) in [6.45, 7) is 3.38. The van der Waals surface area contributed by atoms with E-state index in [0.717, 1.165) is 59.6 Å². The maximum absolute atomic E-state index is 13.0. The molecule has 1 aromatic heterocycles. The van der Waals surface area contributed by atoms with Crippen LogP contribution in [0.25, 0.3) is 10.6 Å². The molecule has 3 aromatic rings. The molecule has 0 unspecified atom stereocenters. The molecule has 0 bridgehead atoms. The quantitative estimate of drug-likeness (QED) is 0.509. The number of thiazole rings is 1. The molecule has 0 saturated heterocycles. The van der Waals surface area contributed by atoms with Crippen molar-refractivity contribution in [2.24, 2.45) is 5.92 Å². The van der Waals surface area contributed by atoms with Gasteiger partial charge in [-0.2, -0.15) is 0 Å². The highest BCUT2D eigenvalue weighted by Crippen LogP contribution is 2.33. The maximum atomic E-state index is 13.0. The number of carbonyl (C=O) groups is 2. The van der Waals surface area contributed by atoms with Crippen LogP contribution in [0, 0.1) is 12.8 Å². The molecule has 0 spiro atoms. The summed E-state index contributed by atoms with van der Waals surface area (Å²) in [5.74, 6) is 0.571. The van der Waals surface area contributed by atoms with Gasteiger partial charge in [-0.1, -0.05) is 48.0 Å². The zero-order chi connectivity index (χ0) is 22.9. The lowest BCUT2D eigenvalue weighted by molar-refractivity contribution is 0.0732. The number of hydrogen-bond donors (Lipinski definition) is 1. The van der Waals surface area contributed by atoms with Crippen LogP contribution >= 0.6 is 22.9 Å². The predicted molar refractivity (Wildman–Crippen MR) is 132 cm³/mol. The first-order chi connectivity index (χ1) is 16.0. The molecule has 2 heterocycles. The molecule has 7 heteroatoms. The van der Waals surface area contributed by atoms with Gasteiger partial charge >= 0.3 is 0 Å². The second-order valence-corrected chi connectivity index (χ2v) is 10.4. The number of amides is 2. The van der Waals surface area contributed by atoms with Crippen LogP contribution in [0.3, 0.4) is 0 Å². The van der Waals surface area contributed by atoms with Crippen LogP contribution in [0.2, 0.25) is 5.02 Å². The lowest BCUT2D eigenvalue weighted by Crippen LogP contribution is -2.39. The van der Waals surface area contributed by atoms with E-state index in [4.69, 9.17) is 11.6 Å². The van der Waals surface area contributed by atoms with Gasteiger partial charge < -0.3 is 10.2 Å². The molecule has 5 rings (SSSR count). The fraction of sp³-hybridized carbons (Fsp3) is 0.346. The van der Waals surface area contributed by atoms with Crippen LogP contribution in [0.4, 0.5) is 0 Å². The summed E-state index contributed by atoms with van der Waals surface area (Å²) in [5, 5.41) is 4.61. The van der Waals surface area contributed by atoms with Crippen molar-refractivity contribution in [1.82, 2.24) is 15.2 Å². The topological polar surface area (TPSA) is 62.3 Å². The number of halogens is 1. The first-order valence-electron chi connectivity index (χ1n) is 11.4. The fourth-order valence-electron chi connectivity index (χ4n) is 4.87. The summed E-state index contributed by atoms with van der Waals surface area (Å²) in [7, 11) is 0. The molecule has 2 aromatic carbocycles. The van der Waals surface area contributed by atoms with Gasteiger partial charge in [-0.15, -0.1) is 11.3 Å². The number of nitrogens with zero attached hydrogens (tertiary/aromatic N) is 2. The molecule has 5 nitrogen and oxygen atoms in total. The number of rotatable bonds is 5. The maximum Gasteiger partial charge on any atom is 0.263 e. The second kappa shape index (κ2) is 9.27. The van der Waals surface area contributed by atoms with Crippen LogP contribution in [-0.4, -0.2) is 34.3 Å². The van der Waals surface area contributed by atoms with Crippen LogP contribution in [0.1, 0.15) is 57.0 Å². The van der Waals surface area contributed by atoms with E-state index in [-0.39, 0.29) is 17.9 Å². The third-order valence-corrected chi connectivity index (χ3v) is 8.18. The standard InChI is InChI=1S/C26H26ClN3O2S/c1-16-23(33-25(28-16)21-8-4-5-9-22(21)27)24(31)29-19-12-10-17(11-13-19)14-30-15-18-6-2-3-7-20(18)26(30)32/h2-9,17,19H,10-15H2,1H3,(H,29,31). The molecule has 0 radical (unpaired) electrons. The van der Waals surface area contributed by atoms with Gasteiger partial charge in [0, 0.05) is 30.3 Å². The van der Waals surface area contributed by atoms with Crippen LogP contribution in [-0.2, 0) is 6.54 Å². The van der Waals surface area contributed by atoms with E-state index in [0.29, 0.717) is 22.4 Å². The van der Waals surface area contributed by atoms with Gasteiger partial charge in [-0.3, -0.25) is 9.59 Å². The molecular weight excluding hydrogens is 454 g/mol. The molecule has 1 fully saturated rings. The first kappa shape index (κ1) is 22.1. The third kappa shape index (κ3) is 4.55. The fourth-order valence-corrected chi connectivity index (χ4v) is 6.16. The van der Waals surface area contributed by atoms with E-state index < -0.39 is 0 Å². The zero-order valence-corrected chi connectivity index (χ0v) is 20.1. The summed E-state index contributed by atoms with van der Waals surface area (Å²) in [5.41, 5.74) is 3.55. The highest BCUT2D eigenvalue weighted by atomic mass is 35.5. The number of carbonyl (C=O) groups excluding carboxylic acids is 2. The average molecular weight is 480 g/mol. The predicted octanol–water partition coefficient (Wildman–Crippen LogP) is 5.72. The highest BCUT2D eigenvalue weighted by Gasteiger charge is 2.31. The van der Waals surface area contributed by atoms with Crippen molar-refractivity contribution in [3.05, 3.63) is 75.3 Å². The Bertz CT molecular complexity index is 1200. The normalized spacial score (nSPS) is 20.1. The molecule has 1 N–H and O–H groups in total. The largest absolute Gasteiger partial charge is 0.349 e. The van der Waals surface area contributed by atoms with Gasteiger partial charge in [-0.25, -0.2) is 4.98 Å². The number of aromatic nitrogens is 1. The van der Waals surface area contributed by atoms with Crippen molar-refractivity contribution in [2.75, 3.05) is 6.54 Å². The Morgan fingerprint density at radius 1 is 1.09 bits per heavy atom. The second-order valence-electron chi connectivity index (χ2n) is 8.95. The van der Waals surface area contributed by atoms with E-state index in [1.807, 2.05) is 60.4 Å². The molecule has 1 aliphatic carbocycles. The summed E-state index contributed by atoms with van der Waals surface area (Å²) >= 11 is 7.69. The minimum Gasteiger partial charge on any atom is -0.349 e. The summed E-state index contributed by atoms with van der Waals surface area (Å²) in [6.07, 6.45) is 3.89. The van der Waals surface area contributed by atoms with Gasteiger partial charge in [0.25, 0.3) is 11.8 Å². The van der Waals surface area contributed by atoms with Crippen molar-refractivity contribution in [3.8, 4) is 10.6 Å². The van der Waals surface area contributed by atoms with Crippen molar-refractivity contribution in [3.63, 3.8) is 0 Å². The van der Waals surface area contributed by atoms with E-state index in [9.17, 15) is 9.59 Å². The summed E-state index contributed by atoms with van der Waals surface area (Å²) < 4.78 is 0. The number of aryl methyl sites for hydroxylation is 1. The molecular formula is C26H26ClN3O2S.